The van der Waals surface area contributed by atoms with Crippen LogP contribution in [0.15, 0.2) is 42.5 Å². The number of thiophene rings is 1. The highest BCUT2D eigenvalue weighted by Crippen LogP contribution is 2.32. The van der Waals surface area contributed by atoms with Crippen molar-refractivity contribution in [3.63, 3.8) is 0 Å². The van der Waals surface area contributed by atoms with Gasteiger partial charge in [-0.15, -0.1) is 11.3 Å². The fourth-order valence-electron chi connectivity index (χ4n) is 2.63. The molecular weight excluding hydrogens is 398 g/mol. The predicted octanol–water partition coefficient (Wildman–Crippen LogP) is 4.52. The molecule has 6 nitrogen and oxygen atoms in total. The van der Waals surface area contributed by atoms with Gasteiger partial charge in [0.05, 0.1) is 32.1 Å². The molecule has 0 aliphatic rings. The van der Waals surface area contributed by atoms with Crippen LogP contribution in [0.1, 0.15) is 17.3 Å². The van der Waals surface area contributed by atoms with Crippen molar-refractivity contribution >= 4 is 51.3 Å². The fourth-order valence-corrected chi connectivity index (χ4v) is 3.63. The maximum absolute atomic E-state index is 12.7. The topological polar surface area (TPSA) is 104 Å². The molecule has 2 heterocycles. The summed E-state index contributed by atoms with van der Waals surface area (Å²) in [6.07, 6.45) is 0. The first-order valence-corrected chi connectivity index (χ1v) is 9.40. The van der Waals surface area contributed by atoms with Crippen molar-refractivity contribution < 1.29 is 14.3 Å². The lowest BCUT2D eigenvalue weighted by molar-refractivity contribution is -0.122. The van der Waals surface area contributed by atoms with Crippen molar-refractivity contribution in [3.8, 4) is 16.6 Å². The van der Waals surface area contributed by atoms with Crippen LogP contribution in [0.4, 0.5) is 0 Å². The van der Waals surface area contributed by atoms with Gasteiger partial charge in [0.2, 0.25) is 0 Å². The molecule has 0 saturated heterocycles. The molecule has 3 aromatic rings. The minimum atomic E-state index is -1.22. The largest absolute Gasteiger partial charge is 0.454 e. The molecule has 140 valence electrons. The quantitative estimate of drug-likeness (QED) is 0.474. The van der Waals surface area contributed by atoms with E-state index >= 15 is 0 Å². The van der Waals surface area contributed by atoms with E-state index in [2.05, 4.69) is 4.98 Å². The van der Waals surface area contributed by atoms with Crippen molar-refractivity contribution in [2.45, 2.75) is 6.92 Å². The smallest absolute Gasteiger partial charge is 0.339 e. The van der Waals surface area contributed by atoms with Crippen LogP contribution in [0.3, 0.4) is 0 Å². The lowest BCUT2D eigenvalue weighted by Crippen LogP contribution is -2.25. The first kappa shape index (κ1) is 19.7. The van der Waals surface area contributed by atoms with Gasteiger partial charge in [-0.1, -0.05) is 29.8 Å². The minimum absolute atomic E-state index is 0.0882. The van der Waals surface area contributed by atoms with Crippen LogP contribution < -0.4 is 0 Å². The van der Waals surface area contributed by atoms with E-state index in [0.717, 1.165) is 4.88 Å². The van der Waals surface area contributed by atoms with Crippen molar-refractivity contribution in [3.05, 3.63) is 52.4 Å². The molecule has 1 atom stereocenters. The first-order valence-electron chi connectivity index (χ1n) is 8.20. The van der Waals surface area contributed by atoms with E-state index in [1.807, 2.05) is 12.1 Å². The molecule has 1 N–H and O–H groups in total. The number of hydrogen-bond acceptors (Lipinski definition) is 7. The van der Waals surface area contributed by atoms with Crippen molar-refractivity contribution in [1.82, 2.24) is 4.98 Å². The number of halogens is 1. The second-order valence-corrected chi connectivity index (χ2v) is 7.68. The number of aromatic nitrogens is 1. The molecule has 0 spiro atoms. The van der Waals surface area contributed by atoms with Crippen LogP contribution in [0, 0.1) is 22.7 Å². The molecule has 0 radical (unpaired) electrons. The number of ether oxygens (including phenoxy) is 1. The summed E-state index contributed by atoms with van der Waals surface area (Å²) in [5.74, 6) is -2.55. The molecule has 28 heavy (non-hydrogen) atoms. The van der Waals surface area contributed by atoms with Crippen molar-refractivity contribution in [2.24, 2.45) is 5.92 Å². The maximum Gasteiger partial charge on any atom is 0.339 e. The predicted molar refractivity (Wildman–Crippen MR) is 108 cm³/mol. The molecule has 2 aromatic heterocycles. The molecule has 0 bridgehead atoms. The number of carbonyl (C=O) groups excluding carboxylic acids is 2. The Morgan fingerprint density at radius 1 is 1.32 bits per heavy atom. The number of para-hydroxylation sites is 1. The summed E-state index contributed by atoms with van der Waals surface area (Å²) < 4.78 is 5.74. The zero-order chi connectivity index (χ0) is 20.3. The van der Waals surface area contributed by atoms with E-state index in [4.69, 9.17) is 27.0 Å². The number of rotatable bonds is 6. The van der Waals surface area contributed by atoms with Crippen LogP contribution in [0.25, 0.3) is 21.5 Å². The Labute approximate surface area is 169 Å². The molecule has 3 rings (SSSR count). The van der Waals surface area contributed by atoms with Gasteiger partial charge < -0.3 is 10.1 Å². The summed E-state index contributed by atoms with van der Waals surface area (Å²) in [5.41, 5.74) is 1.35. The lowest BCUT2D eigenvalue weighted by Gasteiger charge is -2.10. The van der Waals surface area contributed by atoms with Crippen LogP contribution >= 0.6 is 22.9 Å². The molecule has 0 aliphatic carbocycles. The average Bonchev–Trinajstić information content (AvgIpc) is 3.12. The van der Waals surface area contributed by atoms with Crippen molar-refractivity contribution in [1.29, 1.82) is 10.7 Å². The van der Waals surface area contributed by atoms with E-state index in [1.165, 1.54) is 18.3 Å². The molecule has 1 aromatic carbocycles. The summed E-state index contributed by atoms with van der Waals surface area (Å²) in [4.78, 5) is 30.1. The average molecular weight is 412 g/mol. The highest BCUT2D eigenvalue weighted by atomic mass is 35.5. The third kappa shape index (κ3) is 4.09. The highest BCUT2D eigenvalue weighted by molar-refractivity contribution is 7.19. The third-order valence-electron chi connectivity index (χ3n) is 3.99. The molecule has 0 amide bonds. The summed E-state index contributed by atoms with van der Waals surface area (Å²) >= 11 is 7.34. The Bertz CT molecular complexity index is 1130. The summed E-state index contributed by atoms with van der Waals surface area (Å²) in [6, 6.07) is 14.0. The van der Waals surface area contributed by atoms with Gasteiger partial charge in [-0.3, -0.25) is 4.79 Å². The second kappa shape index (κ2) is 8.30. The number of esters is 1. The summed E-state index contributed by atoms with van der Waals surface area (Å²) in [5, 5.41) is 17.0. The number of fused-ring (bicyclic) bond motifs is 1. The SMILES string of the molecule is CC(=N)C(C#N)C(=O)COC(=O)c1cc(-c2ccc(Cl)s2)nc2ccccc12. The van der Waals surface area contributed by atoms with Gasteiger partial charge in [0.1, 0.15) is 5.92 Å². The number of hydrogen-bond donors (Lipinski definition) is 1. The van der Waals surface area contributed by atoms with Gasteiger partial charge in [-0.05, 0) is 31.2 Å². The number of ketones is 1. The van der Waals surface area contributed by atoms with Gasteiger partial charge in [-0.25, -0.2) is 9.78 Å². The Hall–Kier alpha value is -3.08. The van der Waals surface area contributed by atoms with Gasteiger partial charge >= 0.3 is 5.97 Å². The Morgan fingerprint density at radius 3 is 2.71 bits per heavy atom. The maximum atomic E-state index is 12.7. The van der Waals surface area contributed by atoms with Gasteiger partial charge in [0.25, 0.3) is 0 Å². The second-order valence-electron chi connectivity index (χ2n) is 5.96. The molecular formula is C20H14ClN3O3S. The van der Waals surface area contributed by atoms with Crippen LogP contribution in [-0.4, -0.2) is 29.1 Å². The van der Waals surface area contributed by atoms with Crippen LogP contribution in [0.2, 0.25) is 4.34 Å². The fraction of sp³-hybridized carbons (Fsp3) is 0.150. The Balaban J connectivity index is 1.93. The minimum Gasteiger partial charge on any atom is -0.454 e. The molecule has 0 aliphatic heterocycles. The molecule has 8 heteroatoms. The standard InChI is InChI=1S/C20H14ClN3O3S/c1-11(23)14(9-22)17(25)10-27-20(26)13-8-16(18-6-7-19(21)28-18)24-15-5-3-2-4-12(13)15/h2-8,14,23H,10H2,1H3. The number of nitrogens with one attached hydrogen (secondary N) is 1. The normalized spacial score (nSPS) is 11.6. The highest BCUT2D eigenvalue weighted by Gasteiger charge is 2.23. The Morgan fingerprint density at radius 2 is 2.07 bits per heavy atom. The number of pyridine rings is 1. The molecule has 0 fully saturated rings. The monoisotopic (exact) mass is 411 g/mol. The number of benzene rings is 1. The Kier molecular flexibility index (Phi) is 5.83. The van der Waals surface area contributed by atoms with Gasteiger partial charge in [0.15, 0.2) is 12.4 Å². The van der Waals surface area contributed by atoms with Crippen LogP contribution in [-0.2, 0) is 9.53 Å². The van der Waals surface area contributed by atoms with E-state index < -0.39 is 24.3 Å². The van der Waals surface area contributed by atoms with E-state index in [0.29, 0.717) is 20.9 Å². The zero-order valence-electron chi connectivity index (χ0n) is 14.7. The number of nitrogens with zero attached hydrogens (tertiary/aromatic N) is 2. The van der Waals surface area contributed by atoms with E-state index in [-0.39, 0.29) is 11.3 Å². The lowest BCUT2D eigenvalue weighted by atomic mass is 10.0. The summed E-state index contributed by atoms with van der Waals surface area (Å²) in [6.45, 7) is 0.784. The van der Waals surface area contributed by atoms with Crippen molar-refractivity contribution in [2.75, 3.05) is 6.61 Å². The third-order valence-corrected chi connectivity index (χ3v) is 5.25. The van der Waals surface area contributed by atoms with Crippen LogP contribution in [0.5, 0.6) is 0 Å². The number of Topliss-reactive ketones (excluding diaryl/α,β-unsaturated/α-hetero) is 1. The van der Waals surface area contributed by atoms with E-state index in [1.54, 1.807) is 36.4 Å². The van der Waals surface area contributed by atoms with Gasteiger partial charge in [-0.2, -0.15) is 5.26 Å². The first-order chi connectivity index (χ1) is 13.4. The molecule has 0 saturated carbocycles. The van der Waals surface area contributed by atoms with Gasteiger partial charge in [0, 0.05) is 11.1 Å². The number of nitriles is 1. The van der Waals surface area contributed by atoms with E-state index in [9.17, 15) is 9.59 Å². The number of carbonyl (C=O) groups is 2. The zero-order valence-corrected chi connectivity index (χ0v) is 16.3. The molecule has 1 unspecified atom stereocenters. The summed E-state index contributed by atoms with van der Waals surface area (Å²) in [7, 11) is 0.